The molecule has 0 radical (unpaired) electrons. The van der Waals surface area contributed by atoms with Crippen LogP contribution in [0.15, 0.2) is 47.6 Å². The van der Waals surface area contributed by atoms with Gasteiger partial charge in [-0.2, -0.15) is 0 Å². The monoisotopic (exact) mass is 458 g/mol. The van der Waals surface area contributed by atoms with Crippen molar-refractivity contribution in [1.82, 2.24) is 0 Å². The largest absolute Gasteiger partial charge is 0.481 e. The number of carboxylic acids is 1. The van der Waals surface area contributed by atoms with Gasteiger partial charge in [0.15, 0.2) is 0 Å². The number of rotatable bonds is 6. The van der Waals surface area contributed by atoms with Crippen LogP contribution in [0, 0.1) is 28.6 Å². The topological polar surface area (TPSA) is 98.0 Å². The first kappa shape index (κ1) is 25.9. The van der Waals surface area contributed by atoms with Crippen molar-refractivity contribution >= 4 is 5.97 Å². The Morgan fingerprint density at radius 1 is 1.21 bits per heavy atom. The number of fused-ring (bicyclic) bond motifs is 1. The lowest BCUT2D eigenvalue weighted by Gasteiger charge is -2.44. The van der Waals surface area contributed by atoms with Gasteiger partial charge in [-0.15, -0.1) is 0 Å². The molecular formula is C28H42O5. The Balaban J connectivity index is 1.76. The highest BCUT2D eigenvalue weighted by molar-refractivity contribution is 5.74. The quantitative estimate of drug-likeness (QED) is 0.429. The fraction of sp³-hybridized carbons (Fsp3) is 0.679. The molecule has 3 aliphatic carbocycles. The number of carbonyl (C=O) groups is 1. The van der Waals surface area contributed by atoms with Crippen LogP contribution in [0.1, 0.15) is 72.6 Å². The Bertz CT molecular complexity index is 850. The van der Waals surface area contributed by atoms with Gasteiger partial charge in [-0.25, -0.2) is 0 Å². The Morgan fingerprint density at radius 2 is 1.91 bits per heavy atom. The van der Waals surface area contributed by atoms with E-state index in [9.17, 15) is 25.2 Å². The van der Waals surface area contributed by atoms with Crippen LogP contribution < -0.4 is 0 Å². The number of allylic oxidation sites excluding steroid dienone is 4. The maximum Gasteiger partial charge on any atom is 0.312 e. The summed E-state index contributed by atoms with van der Waals surface area (Å²) in [6, 6.07) is 0. The molecule has 184 valence electrons. The van der Waals surface area contributed by atoms with Gasteiger partial charge in [0.1, 0.15) is 0 Å². The number of aliphatic hydroxyl groups is 3. The minimum Gasteiger partial charge on any atom is -0.481 e. The number of hydrogen-bond donors (Lipinski definition) is 4. The molecule has 0 bridgehead atoms. The van der Waals surface area contributed by atoms with Crippen molar-refractivity contribution in [2.75, 3.05) is 0 Å². The summed E-state index contributed by atoms with van der Waals surface area (Å²) in [6.07, 6.45) is 12.3. The fourth-order valence-corrected chi connectivity index (χ4v) is 6.39. The standard InChI is InChI=1S/C28H42O5/c1-17(8-13-25(31)27(3,4)26(32)33)22-11-12-23-19(7-6-14-28(22,23)5)9-10-20-15-21(29)16-24(30)18(20)2/h8-10,13,17,21-25,29-31H,2,6-7,11-12,14-16H2,1,3-5H3,(H,32,33)/t17-,21-,22-,23+,24+,25+,28-/m1/s1. The first-order valence-corrected chi connectivity index (χ1v) is 12.4. The number of hydrogen-bond acceptors (Lipinski definition) is 4. The van der Waals surface area contributed by atoms with Gasteiger partial charge in [0.05, 0.1) is 23.7 Å². The third kappa shape index (κ3) is 5.21. The number of carboxylic acid groups (broad SMARTS) is 1. The van der Waals surface area contributed by atoms with Gasteiger partial charge in [-0.05, 0) is 86.7 Å². The molecule has 5 heteroatoms. The molecule has 0 aliphatic heterocycles. The molecule has 4 N–H and O–H groups in total. The first-order chi connectivity index (χ1) is 15.4. The van der Waals surface area contributed by atoms with E-state index < -0.39 is 29.7 Å². The van der Waals surface area contributed by atoms with Crippen molar-refractivity contribution in [2.24, 2.45) is 28.6 Å². The molecule has 3 saturated carbocycles. The molecule has 33 heavy (non-hydrogen) atoms. The summed E-state index contributed by atoms with van der Waals surface area (Å²) in [6.45, 7) is 11.7. The fourth-order valence-electron chi connectivity index (χ4n) is 6.39. The summed E-state index contributed by atoms with van der Waals surface area (Å²) in [4.78, 5) is 11.4. The third-order valence-electron chi connectivity index (χ3n) is 8.82. The van der Waals surface area contributed by atoms with Crippen molar-refractivity contribution in [2.45, 2.75) is 91.0 Å². The Labute approximate surface area is 198 Å². The van der Waals surface area contributed by atoms with Crippen LogP contribution in [0.2, 0.25) is 0 Å². The van der Waals surface area contributed by atoms with Crippen LogP contribution in [0.5, 0.6) is 0 Å². The average molecular weight is 459 g/mol. The van der Waals surface area contributed by atoms with Crippen LogP contribution in [0.25, 0.3) is 0 Å². The lowest BCUT2D eigenvalue weighted by atomic mass is 9.61. The summed E-state index contributed by atoms with van der Waals surface area (Å²) in [5, 5.41) is 39.9. The highest BCUT2D eigenvalue weighted by Crippen LogP contribution is 2.59. The van der Waals surface area contributed by atoms with E-state index in [2.05, 4.69) is 32.6 Å². The van der Waals surface area contributed by atoms with E-state index in [1.54, 1.807) is 19.9 Å². The second kappa shape index (κ2) is 9.89. The Morgan fingerprint density at radius 3 is 2.58 bits per heavy atom. The van der Waals surface area contributed by atoms with Crippen molar-refractivity contribution < 1.29 is 25.2 Å². The molecule has 5 nitrogen and oxygen atoms in total. The highest BCUT2D eigenvalue weighted by atomic mass is 16.4. The predicted octanol–water partition coefficient (Wildman–Crippen LogP) is 4.79. The molecule has 0 heterocycles. The lowest BCUT2D eigenvalue weighted by Crippen LogP contribution is -2.37. The van der Waals surface area contributed by atoms with Crippen molar-refractivity contribution in [3.05, 3.63) is 47.6 Å². The minimum absolute atomic E-state index is 0.169. The van der Waals surface area contributed by atoms with E-state index in [1.165, 1.54) is 12.0 Å². The predicted molar refractivity (Wildman–Crippen MR) is 130 cm³/mol. The van der Waals surface area contributed by atoms with E-state index >= 15 is 0 Å². The number of aliphatic carboxylic acids is 1. The van der Waals surface area contributed by atoms with Crippen molar-refractivity contribution in [1.29, 1.82) is 0 Å². The molecule has 3 aliphatic rings. The zero-order valence-corrected chi connectivity index (χ0v) is 20.6. The molecule has 7 atom stereocenters. The van der Waals surface area contributed by atoms with Crippen LogP contribution in [-0.4, -0.2) is 44.7 Å². The third-order valence-corrected chi connectivity index (χ3v) is 8.82. The van der Waals surface area contributed by atoms with Gasteiger partial charge in [-0.1, -0.05) is 50.3 Å². The SMILES string of the molecule is C=C1C(=CC=C2CCC[C@]3(C)[C@@H]([C@H](C)C=C[C@H](O)C(C)(C)C(=O)O)CC[C@@H]23)C[C@@H](O)C[C@@H]1O. The maximum atomic E-state index is 11.4. The maximum absolute atomic E-state index is 11.4. The van der Waals surface area contributed by atoms with Gasteiger partial charge in [0.2, 0.25) is 0 Å². The Hall–Kier alpha value is -1.69. The highest BCUT2D eigenvalue weighted by Gasteiger charge is 2.50. The molecule has 0 spiro atoms. The van der Waals surface area contributed by atoms with Crippen LogP contribution >= 0.6 is 0 Å². The second-order valence-corrected chi connectivity index (χ2v) is 11.4. The molecule has 3 rings (SSSR count). The smallest absolute Gasteiger partial charge is 0.312 e. The molecule has 0 saturated heterocycles. The van der Waals surface area contributed by atoms with E-state index in [0.29, 0.717) is 24.7 Å². The summed E-state index contributed by atoms with van der Waals surface area (Å²) in [7, 11) is 0. The van der Waals surface area contributed by atoms with Crippen LogP contribution in [-0.2, 0) is 4.79 Å². The molecule has 0 aromatic carbocycles. The van der Waals surface area contributed by atoms with E-state index in [0.717, 1.165) is 36.8 Å². The van der Waals surface area contributed by atoms with Crippen LogP contribution in [0.4, 0.5) is 0 Å². The molecule has 0 aromatic heterocycles. The normalized spacial score (nSPS) is 37.5. The Kier molecular flexibility index (Phi) is 7.77. The second-order valence-electron chi connectivity index (χ2n) is 11.4. The van der Waals surface area contributed by atoms with E-state index in [4.69, 9.17) is 0 Å². The summed E-state index contributed by atoms with van der Waals surface area (Å²) >= 11 is 0. The molecule has 0 unspecified atom stereocenters. The van der Waals surface area contributed by atoms with Gasteiger partial charge in [0.25, 0.3) is 0 Å². The lowest BCUT2D eigenvalue weighted by molar-refractivity contribution is -0.151. The zero-order valence-electron chi connectivity index (χ0n) is 20.6. The average Bonchev–Trinajstić information content (AvgIpc) is 3.10. The van der Waals surface area contributed by atoms with Crippen molar-refractivity contribution in [3.63, 3.8) is 0 Å². The summed E-state index contributed by atoms with van der Waals surface area (Å²) in [5.74, 6) is 0.219. The summed E-state index contributed by atoms with van der Waals surface area (Å²) in [5.41, 5.74) is 2.08. The molecule has 0 amide bonds. The molecular weight excluding hydrogens is 416 g/mol. The van der Waals surface area contributed by atoms with Gasteiger partial charge < -0.3 is 20.4 Å². The number of aliphatic hydroxyl groups excluding tert-OH is 3. The van der Waals surface area contributed by atoms with Gasteiger partial charge in [-0.3, -0.25) is 4.79 Å². The van der Waals surface area contributed by atoms with Crippen molar-refractivity contribution in [3.8, 4) is 0 Å². The zero-order chi connectivity index (χ0) is 24.6. The van der Waals surface area contributed by atoms with Gasteiger partial charge in [0, 0.05) is 6.42 Å². The molecule has 3 fully saturated rings. The first-order valence-electron chi connectivity index (χ1n) is 12.4. The van der Waals surface area contributed by atoms with Gasteiger partial charge >= 0.3 is 5.97 Å². The summed E-state index contributed by atoms with van der Waals surface area (Å²) < 4.78 is 0. The van der Waals surface area contributed by atoms with E-state index in [1.807, 2.05) is 6.08 Å². The van der Waals surface area contributed by atoms with E-state index in [-0.39, 0.29) is 11.3 Å². The minimum atomic E-state index is -1.21. The molecule has 0 aromatic rings. The van der Waals surface area contributed by atoms with Crippen LogP contribution in [0.3, 0.4) is 0 Å².